The first-order valence-electron chi connectivity index (χ1n) is 7.08. The monoisotopic (exact) mass is 287 g/mol. The first-order valence-corrected chi connectivity index (χ1v) is 7.08. The highest BCUT2D eigenvalue weighted by atomic mass is 16.6. The second-order valence-corrected chi connectivity index (χ2v) is 5.04. The molecule has 0 spiro atoms. The SMILES string of the molecule is O=C1O[C@@H](Cc2ccccn2)C(O)=C1C1=NCCCCN1. The van der Waals surface area contributed by atoms with Crippen molar-refractivity contribution in [3.05, 3.63) is 41.4 Å². The average molecular weight is 287 g/mol. The van der Waals surface area contributed by atoms with Crippen molar-refractivity contribution in [1.29, 1.82) is 0 Å². The van der Waals surface area contributed by atoms with Crippen LogP contribution in [0.3, 0.4) is 0 Å². The van der Waals surface area contributed by atoms with Gasteiger partial charge in [-0.3, -0.25) is 9.98 Å². The van der Waals surface area contributed by atoms with Crippen molar-refractivity contribution in [3.63, 3.8) is 0 Å². The fraction of sp³-hybridized carbons (Fsp3) is 0.400. The summed E-state index contributed by atoms with van der Waals surface area (Å²) < 4.78 is 5.26. The first-order chi connectivity index (χ1) is 10.3. The zero-order valence-corrected chi connectivity index (χ0v) is 11.6. The van der Waals surface area contributed by atoms with E-state index in [9.17, 15) is 9.90 Å². The third-order valence-electron chi connectivity index (χ3n) is 3.52. The number of aliphatic hydroxyl groups excluding tert-OH is 1. The van der Waals surface area contributed by atoms with Crippen LogP contribution in [-0.4, -0.2) is 41.1 Å². The molecule has 6 heteroatoms. The molecule has 0 fully saturated rings. The zero-order chi connectivity index (χ0) is 14.7. The highest BCUT2D eigenvalue weighted by Crippen LogP contribution is 2.24. The molecule has 0 radical (unpaired) electrons. The Hall–Kier alpha value is -2.37. The van der Waals surface area contributed by atoms with Crippen molar-refractivity contribution in [2.75, 3.05) is 13.1 Å². The van der Waals surface area contributed by atoms with Crippen LogP contribution >= 0.6 is 0 Å². The smallest absolute Gasteiger partial charge is 0.346 e. The molecule has 0 saturated carbocycles. The molecule has 1 atom stereocenters. The molecule has 0 amide bonds. The molecule has 3 rings (SSSR count). The van der Waals surface area contributed by atoms with Crippen LogP contribution in [-0.2, 0) is 16.0 Å². The van der Waals surface area contributed by atoms with Gasteiger partial charge in [-0.15, -0.1) is 0 Å². The maximum absolute atomic E-state index is 12.0. The number of pyridine rings is 1. The molecular formula is C15H17N3O3. The number of esters is 1. The second-order valence-electron chi connectivity index (χ2n) is 5.04. The molecule has 1 aromatic heterocycles. The summed E-state index contributed by atoms with van der Waals surface area (Å²) in [5.74, 6) is -0.140. The van der Waals surface area contributed by atoms with E-state index in [2.05, 4.69) is 15.3 Å². The Balaban J connectivity index is 1.82. The molecule has 0 saturated heterocycles. The first kappa shape index (κ1) is 13.6. The number of aliphatic hydroxyl groups is 1. The number of carbonyl (C=O) groups excluding carboxylic acids is 1. The van der Waals surface area contributed by atoms with Crippen molar-refractivity contribution in [1.82, 2.24) is 10.3 Å². The van der Waals surface area contributed by atoms with Gasteiger partial charge in [0.15, 0.2) is 11.9 Å². The summed E-state index contributed by atoms with van der Waals surface area (Å²) >= 11 is 0. The van der Waals surface area contributed by atoms with Crippen LogP contribution in [0.15, 0.2) is 40.7 Å². The number of rotatable bonds is 3. The number of amidine groups is 1. The van der Waals surface area contributed by atoms with Gasteiger partial charge in [-0.25, -0.2) is 4.79 Å². The van der Waals surface area contributed by atoms with Crippen LogP contribution in [0.5, 0.6) is 0 Å². The Labute approximate surface area is 122 Å². The van der Waals surface area contributed by atoms with E-state index < -0.39 is 12.1 Å². The van der Waals surface area contributed by atoms with E-state index in [0.29, 0.717) is 18.8 Å². The van der Waals surface area contributed by atoms with Crippen molar-refractivity contribution in [2.24, 2.45) is 4.99 Å². The third-order valence-corrected chi connectivity index (χ3v) is 3.52. The van der Waals surface area contributed by atoms with E-state index in [1.165, 1.54) is 0 Å². The summed E-state index contributed by atoms with van der Waals surface area (Å²) in [5.41, 5.74) is 0.927. The number of ether oxygens (including phenoxy) is 1. The number of aliphatic imine (C=N–C) groups is 1. The fourth-order valence-electron chi connectivity index (χ4n) is 2.43. The van der Waals surface area contributed by atoms with Gasteiger partial charge in [-0.05, 0) is 25.0 Å². The topological polar surface area (TPSA) is 83.8 Å². The van der Waals surface area contributed by atoms with Crippen LogP contribution < -0.4 is 5.32 Å². The second kappa shape index (κ2) is 5.95. The molecular weight excluding hydrogens is 270 g/mol. The van der Waals surface area contributed by atoms with Gasteiger partial charge in [0.05, 0.1) is 0 Å². The van der Waals surface area contributed by atoms with Crippen LogP contribution in [0.2, 0.25) is 0 Å². The Morgan fingerprint density at radius 3 is 3.10 bits per heavy atom. The lowest BCUT2D eigenvalue weighted by molar-refractivity contribution is -0.139. The Morgan fingerprint density at radius 1 is 1.38 bits per heavy atom. The Kier molecular flexibility index (Phi) is 3.85. The third kappa shape index (κ3) is 2.89. The number of aromatic nitrogens is 1. The minimum Gasteiger partial charge on any atom is -0.507 e. The molecule has 110 valence electrons. The molecule has 3 heterocycles. The largest absolute Gasteiger partial charge is 0.507 e. The Morgan fingerprint density at radius 2 is 2.29 bits per heavy atom. The minimum atomic E-state index is -0.685. The summed E-state index contributed by atoms with van der Waals surface area (Å²) in [4.78, 5) is 20.5. The van der Waals surface area contributed by atoms with Gasteiger partial charge in [0.1, 0.15) is 11.4 Å². The normalized spacial score (nSPS) is 22.4. The lowest BCUT2D eigenvalue weighted by atomic mass is 10.1. The molecule has 2 aliphatic rings. The van der Waals surface area contributed by atoms with Gasteiger partial charge in [-0.2, -0.15) is 0 Å². The van der Waals surface area contributed by atoms with E-state index in [1.54, 1.807) is 6.20 Å². The van der Waals surface area contributed by atoms with Gasteiger partial charge >= 0.3 is 5.97 Å². The van der Waals surface area contributed by atoms with E-state index in [0.717, 1.165) is 25.1 Å². The number of nitrogens with one attached hydrogen (secondary N) is 1. The molecule has 2 N–H and O–H groups in total. The van der Waals surface area contributed by atoms with E-state index in [4.69, 9.17) is 4.74 Å². The number of cyclic esters (lactones) is 1. The van der Waals surface area contributed by atoms with Gasteiger partial charge < -0.3 is 15.2 Å². The fourth-order valence-corrected chi connectivity index (χ4v) is 2.43. The molecule has 0 aromatic carbocycles. The van der Waals surface area contributed by atoms with Crippen molar-refractivity contribution >= 4 is 11.8 Å². The van der Waals surface area contributed by atoms with Crippen molar-refractivity contribution in [2.45, 2.75) is 25.4 Å². The highest BCUT2D eigenvalue weighted by Gasteiger charge is 2.37. The van der Waals surface area contributed by atoms with Gasteiger partial charge in [0.25, 0.3) is 0 Å². The molecule has 0 bridgehead atoms. The minimum absolute atomic E-state index is 0.0567. The Bertz CT molecular complexity index is 595. The summed E-state index contributed by atoms with van der Waals surface area (Å²) in [7, 11) is 0. The summed E-state index contributed by atoms with van der Waals surface area (Å²) in [5, 5.41) is 13.4. The van der Waals surface area contributed by atoms with E-state index in [1.807, 2.05) is 18.2 Å². The van der Waals surface area contributed by atoms with Crippen molar-refractivity contribution < 1.29 is 14.6 Å². The van der Waals surface area contributed by atoms with Crippen LogP contribution in [0, 0.1) is 0 Å². The lowest BCUT2D eigenvalue weighted by Crippen LogP contribution is -2.28. The van der Waals surface area contributed by atoms with Crippen LogP contribution in [0.1, 0.15) is 18.5 Å². The quantitative estimate of drug-likeness (QED) is 0.815. The van der Waals surface area contributed by atoms with E-state index in [-0.39, 0.29) is 11.3 Å². The lowest BCUT2D eigenvalue weighted by Gasteiger charge is -2.09. The summed E-state index contributed by atoms with van der Waals surface area (Å²) in [6, 6.07) is 5.51. The van der Waals surface area contributed by atoms with Gasteiger partial charge in [0, 0.05) is 31.4 Å². The molecule has 1 aromatic rings. The van der Waals surface area contributed by atoms with Crippen LogP contribution in [0.25, 0.3) is 0 Å². The predicted molar refractivity (Wildman–Crippen MR) is 77.0 cm³/mol. The number of nitrogens with zero attached hydrogens (tertiary/aromatic N) is 2. The number of hydrogen-bond acceptors (Lipinski definition) is 6. The molecule has 0 unspecified atom stereocenters. The molecule has 0 aliphatic carbocycles. The number of carbonyl (C=O) groups is 1. The number of hydrogen-bond donors (Lipinski definition) is 2. The van der Waals surface area contributed by atoms with E-state index >= 15 is 0 Å². The molecule has 21 heavy (non-hydrogen) atoms. The highest BCUT2D eigenvalue weighted by molar-refractivity contribution is 6.20. The molecule has 2 aliphatic heterocycles. The standard InChI is InChI=1S/C15H17N3O3/c19-13-11(9-10-5-1-2-6-16-10)21-15(20)12(13)14-17-7-3-4-8-18-14/h1-2,5-6,11,19H,3-4,7-9H2,(H,17,18)/t11-/m0/s1. The maximum atomic E-state index is 12.0. The van der Waals surface area contributed by atoms with Gasteiger partial charge in [-0.1, -0.05) is 6.07 Å². The van der Waals surface area contributed by atoms with Crippen LogP contribution in [0.4, 0.5) is 0 Å². The summed E-state index contributed by atoms with van der Waals surface area (Å²) in [6.45, 7) is 1.39. The van der Waals surface area contributed by atoms with Crippen molar-refractivity contribution in [3.8, 4) is 0 Å². The van der Waals surface area contributed by atoms with Gasteiger partial charge in [0.2, 0.25) is 0 Å². The predicted octanol–water partition coefficient (Wildman–Crippen LogP) is 1.14. The maximum Gasteiger partial charge on any atom is 0.346 e. The average Bonchev–Trinajstić information content (AvgIpc) is 2.70. The summed E-state index contributed by atoms with van der Waals surface area (Å²) in [6.07, 6.45) is 3.31. The zero-order valence-electron chi connectivity index (χ0n) is 11.6. The molecule has 6 nitrogen and oxygen atoms in total.